The summed E-state index contributed by atoms with van der Waals surface area (Å²) in [5, 5.41) is 6.04. The molecule has 0 atom stereocenters. The Labute approximate surface area is 131 Å². The summed E-state index contributed by atoms with van der Waals surface area (Å²) in [7, 11) is 0. The smallest absolute Gasteiger partial charge is 0.271 e. The van der Waals surface area contributed by atoms with Gasteiger partial charge in [0.1, 0.15) is 11.5 Å². The Bertz CT molecular complexity index is 672. The predicted octanol–water partition coefficient (Wildman–Crippen LogP) is 3.37. The minimum atomic E-state index is -0.297. The fraction of sp³-hybridized carbons (Fsp3) is 0.353. The first-order valence-corrected chi connectivity index (χ1v) is 7.23. The lowest BCUT2D eigenvalue weighted by atomic mass is 10.1. The summed E-state index contributed by atoms with van der Waals surface area (Å²) in [5.41, 5.74) is 3.41. The lowest BCUT2D eigenvalue weighted by Crippen LogP contribution is -2.40. The molecule has 2 aromatic rings. The fourth-order valence-electron chi connectivity index (χ4n) is 1.88. The maximum absolute atomic E-state index is 12.0. The molecule has 0 fully saturated rings. The second-order valence-electron chi connectivity index (χ2n) is 6.42. The van der Waals surface area contributed by atoms with E-state index in [1.54, 1.807) is 6.20 Å². The van der Waals surface area contributed by atoms with Crippen LogP contribution in [0.2, 0.25) is 0 Å². The molecule has 0 radical (unpaired) electrons. The molecule has 2 rings (SSSR count). The van der Waals surface area contributed by atoms with Gasteiger partial charge in [-0.15, -0.1) is 0 Å². The quantitative estimate of drug-likeness (QED) is 0.911. The van der Waals surface area contributed by atoms with Crippen LogP contribution in [0.1, 0.15) is 42.4 Å². The number of nitrogens with one attached hydrogen (secondary N) is 2. The maximum Gasteiger partial charge on any atom is 0.271 e. The number of hydrogen-bond acceptors (Lipinski definition) is 4. The molecule has 0 aliphatic rings. The van der Waals surface area contributed by atoms with Gasteiger partial charge in [0.25, 0.3) is 5.91 Å². The number of anilines is 2. The Morgan fingerprint density at radius 3 is 2.32 bits per heavy atom. The zero-order chi connectivity index (χ0) is 16.3. The van der Waals surface area contributed by atoms with Crippen LogP contribution >= 0.6 is 0 Å². The first-order chi connectivity index (χ1) is 10.2. The van der Waals surface area contributed by atoms with Crippen LogP contribution in [0.3, 0.4) is 0 Å². The standard InChI is InChI=1S/C17H22N4O/c1-11-6-7-13(8-12(11)2)20-15-10-18-14(9-19-15)16(22)21-17(3,4)5/h6-10H,1-5H3,(H,19,20)(H,21,22). The molecule has 1 aromatic carbocycles. The average Bonchev–Trinajstić information content (AvgIpc) is 2.42. The third-order valence-electron chi connectivity index (χ3n) is 3.15. The highest BCUT2D eigenvalue weighted by atomic mass is 16.2. The molecule has 0 saturated heterocycles. The lowest BCUT2D eigenvalue weighted by Gasteiger charge is -2.19. The first-order valence-electron chi connectivity index (χ1n) is 7.23. The highest BCUT2D eigenvalue weighted by molar-refractivity contribution is 5.92. The molecule has 0 spiro atoms. The van der Waals surface area contributed by atoms with Crippen LogP contribution in [0.4, 0.5) is 11.5 Å². The molecule has 1 heterocycles. The number of rotatable bonds is 3. The fourth-order valence-corrected chi connectivity index (χ4v) is 1.88. The minimum absolute atomic E-state index is 0.224. The van der Waals surface area contributed by atoms with E-state index in [1.165, 1.54) is 17.3 Å². The molecule has 1 amide bonds. The van der Waals surface area contributed by atoms with E-state index >= 15 is 0 Å². The molecule has 1 aromatic heterocycles. The highest BCUT2D eigenvalue weighted by Gasteiger charge is 2.16. The summed E-state index contributed by atoms with van der Waals surface area (Å²) in [4.78, 5) is 20.4. The van der Waals surface area contributed by atoms with Crippen molar-refractivity contribution in [2.24, 2.45) is 0 Å². The Kier molecular flexibility index (Phi) is 4.45. The Morgan fingerprint density at radius 2 is 1.77 bits per heavy atom. The van der Waals surface area contributed by atoms with Gasteiger partial charge in [0, 0.05) is 11.2 Å². The summed E-state index contributed by atoms with van der Waals surface area (Å²) >= 11 is 0. The first kappa shape index (κ1) is 15.9. The van der Waals surface area contributed by atoms with Crippen molar-refractivity contribution < 1.29 is 4.79 Å². The van der Waals surface area contributed by atoms with E-state index in [2.05, 4.69) is 46.6 Å². The third-order valence-corrected chi connectivity index (χ3v) is 3.15. The van der Waals surface area contributed by atoms with E-state index in [0.717, 1.165) is 5.69 Å². The van der Waals surface area contributed by atoms with E-state index in [4.69, 9.17) is 0 Å². The number of aryl methyl sites for hydroxylation is 2. The zero-order valence-electron chi connectivity index (χ0n) is 13.7. The minimum Gasteiger partial charge on any atom is -0.346 e. The summed E-state index contributed by atoms with van der Waals surface area (Å²) in [6.07, 6.45) is 3.04. The van der Waals surface area contributed by atoms with Crippen LogP contribution in [-0.2, 0) is 0 Å². The Hall–Kier alpha value is -2.43. The summed E-state index contributed by atoms with van der Waals surface area (Å²) in [6, 6.07) is 6.09. The third kappa shape index (κ3) is 4.28. The molecule has 5 heteroatoms. The lowest BCUT2D eigenvalue weighted by molar-refractivity contribution is 0.0914. The molecule has 0 bridgehead atoms. The van der Waals surface area contributed by atoms with Gasteiger partial charge in [0.05, 0.1) is 12.4 Å². The molecule has 0 unspecified atom stereocenters. The predicted molar refractivity (Wildman–Crippen MR) is 88.4 cm³/mol. The molecule has 5 nitrogen and oxygen atoms in total. The van der Waals surface area contributed by atoms with E-state index in [0.29, 0.717) is 11.5 Å². The van der Waals surface area contributed by atoms with Crippen molar-refractivity contribution in [2.75, 3.05) is 5.32 Å². The SMILES string of the molecule is Cc1ccc(Nc2cnc(C(=O)NC(C)(C)C)cn2)cc1C. The number of nitrogens with zero attached hydrogens (tertiary/aromatic N) is 2. The van der Waals surface area contributed by atoms with Crippen molar-refractivity contribution in [3.05, 3.63) is 47.4 Å². The van der Waals surface area contributed by atoms with Gasteiger partial charge < -0.3 is 10.6 Å². The molecule has 0 saturated carbocycles. The number of carbonyl (C=O) groups excluding carboxylic acids is 1. The average molecular weight is 298 g/mol. The molecule has 116 valence electrons. The Balaban J connectivity index is 2.08. The molecule has 0 aliphatic heterocycles. The van der Waals surface area contributed by atoms with Gasteiger partial charge in [-0.2, -0.15) is 0 Å². The van der Waals surface area contributed by atoms with Crippen molar-refractivity contribution in [3.63, 3.8) is 0 Å². The number of hydrogen-bond donors (Lipinski definition) is 2. The van der Waals surface area contributed by atoms with Crippen LogP contribution in [-0.4, -0.2) is 21.4 Å². The molecular formula is C17H22N4O. The van der Waals surface area contributed by atoms with E-state index in [9.17, 15) is 4.79 Å². The van der Waals surface area contributed by atoms with Crippen LogP contribution < -0.4 is 10.6 Å². The molecular weight excluding hydrogens is 276 g/mol. The van der Waals surface area contributed by atoms with Gasteiger partial charge in [-0.05, 0) is 57.9 Å². The van der Waals surface area contributed by atoms with E-state index < -0.39 is 0 Å². The molecule has 22 heavy (non-hydrogen) atoms. The van der Waals surface area contributed by atoms with Crippen molar-refractivity contribution in [3.8, 4) is 0 Å². The van der Waals surface area contributed by atoms with Gasteiger partial charge in [-0.3, -0.25) is 4.79 Å². The summed E-state index contributed by atoms with van der Waals surface area (Å²) < 4.78 is 0. The monoisotopic (exact) mass is 298 g/mol. The van der Waals surface area contributed by atoms with Crippen molar-refractivity contribution in [1.82, 2.24) is 15.3 Å². The Morgan fingerprint density at radius 1 is 1.05 bits per heavy atom. The molecule has 2 N–H and O–H groups in total. The van der Waals surface area contributed by atoms with Crippen molar-refractivity contribution in [1.29, 1.82) is 0 Å². The zero-order valence-corrected chi connectivity index (χ0v) is 13.7. The number of aromatic nitrogens is 2. The van der Waals surface area contributed by atoms with E-state index in [-0.39, 0.29) is 11.4 Å². The van der Waals surface area contributed by atoms with Crippen LogP contribution in [0.15, 0.2) is 30.6 Å². The second-order valence-corrected chi connectivity index (χ2v) is 6.42. The maximum atomic E-state index is 12.0. The van der Waals surface area contributed by atoms with Crippen LogP contribution in [0.25, 0.3) is 0 Å². The molecule has 0 aliphatic carbocycles. The summed E-state index contributed by atoms with van der Waals surface area (Å²) in [5.74, 6) is 0.383. The highest BCUT2D eigenvalue weighted by Crippen LogP contribution is 2.17. The van der Waals surface area contributed by atoms with Crippen molar-refractivity contribution >= 4 is 17.4 Å². The van der Waals surface area contributed by atoms with Gasteiger partial charge in [0.2, 0.25) is 0 Å². The largest absolute Gasteiger partial charge is 0.346 e. The van der Waals surface area contributed by atoms with Crippen molar-refractivity contribution in [2.45, 2.75) is 40.2 Å². The number of amides is 1. The second kappa shape index (κ2) is 6.13. The van der Waals surface area contributed by atoms with Crippen LogP contribution in [0.5, 0.6) is 0 Å². The van der Waals surface area contributed by atoms with Gasteiger partial charge >= 0.3 is 0 Å². The van der Waals surface area contributed by atoms with E-state index in [1.807, 2.05) is 26.8 Å². The number of benzene rings is 1. The number of carbonyl (C=O) groups is 1. The van der Waals surface area contributed by atoms with Gasteiger partial charge in [-0.1, -0.05) is 6.07 Å². The van der Waals surface area contributed by atoms with Gasteiger partial charge in [0.15, 0.2) is 0 Å². The van der Waals surface area contributed by atoms with Gasteiger partial charge in [-0.25, -0.2) is 9.97 Å². The van der Waals surface area contributed by atoms with Crippen LogP contribution in [0, 0.1) is 13.8 Å². The summed E-state index contributed by atoms with van der Waals surface area (Å²) in [6.45, 7) is 9.91. The normalized spacial score (nSPS) is 11.1. The topological polar surface area (TPSA) is 66.9 Å².